The quantitative estimate of drug-likeness (QED) is 0.739. The lowest BCUT2D eigenvalue weighted by Gasteiger charge is -1.96. The highest BCUT2D eigenvalue weighted by molar-refractivity contribution is 6.31. The number of halogens is 1. The number of rotatable bonds is 2. The first-order chi connectivity index (χ1) is 9.81. The second-order valence-corrected chi connectivity index (χ2v) is 4.60. The van der Waals surface area contributed by atoms with E-state index in [0.717, 1.165) is 10.6 Å². The number of hydrogen-bond donors (Lipinski definition) is 3. The van der Waals surface area contributed by atoms with Crippen LogP contribution in [0.4, 0.5) is 5.69 Å². The molecule has 6 heteroatoms. The van der Waals surface area contributed by atoms with Crippen LogP contribution in [0.25, 0.3) is 0 Å². The number of carboxylic acids is 2. The number of benzene rings is 2. The van der Waals surface area contributed by atoms with Crippen molar-refractivity contribution < 1.29 is 19.8 Å². The Morgan fingerprint density at radius 2 is 1.38 bits per heavy atom. The van der Waals surface area contributed by atoms with Crippen molar-refractivity contribution in [3.63, 3.8) is 0 Å². The van der Waals surface area contributed by atoms with Crippen LogP contribution in [0, 0.1) is 6.92 Å². The number of hydrogen-bond acceptors (Lipinski definition) is 3. The molecule has 0 spiro atoms. The van der Waals surface area contributed by atoms with Gasteiger partial charge in [0, 0.05) is 10.7 Å². The van der Waals surface area contributed by atoms with E-state index < -0.39 is 11.9 Å². The van der Waals surface area contributed by atoms with E-state index in [1.54, 1.807) is 6.07 Å². The van der Waals surface area contributed by atoms with Crippen molar-refractivity contribution in [3.8, 4) is 0 Å². The van der Waals surface area contributed by atoms with E-state index in [4.69, 9.17) is 27.5 Å². The summed E-state index contributed by atoms with van der Waals surface area (Å²) in [6.07, 6.45) is 0. The largest absolute Gasteiger partial charge is 0.478 e. The Labute approximate surface area is 126 Å². The molecule has 110 valence electrons. The van der Waals surface area contributed by atoms with Crippen LogP contribution >= 0.6 is 11.6 Å². The van der Waals surface area contributed by atoms with Crippen molar-refractivity contribution >= 4 is 29.2 Å². The summed E-state index contributed by atoms with van der Waals surface area (Å²) in [5.74, 6) is -2.13. The number of nitrogens with two attached hydrogens (primary N) is 1. The minimum absolute atomic E-state index is 0.0833. The van der Waals surface area contributed by atoms with Gasteiger partial charge in [0.05, 0.1) is 11.1 Å². The third-order valence-corrected chi connectivity index (χ3v) is 2.98. The highest BCUT2D eigenvalue weighted by Crippen LogP contribution is 2.17. The van der Waals surface area contributed by atoms with Crippen molar-refractivity contribution in [1.29, 1.82) is 0 Å². The zero-order valence-corrected chi connectivity index (χ0v) is 12.0. The lowest BCUT2D eigenvalue weighted by atomic mass is 10.1. The molecular formula is C15H14ClNO4. The molecule has 0 aliphatic heterocycles. The van der Waals surface area contributed by atoms with Crippen LogP contribution in [0.3, 0.4) is 0 Å². The minimum Gasteiger partial charge on any atom is -0.478 e. The highest BCUT2D eigenvalue weighted by Gasteiger charge is 2.04. The first kappa shape index (κ1) is 16.5. The molecule has 0 unspecified atom stereocenters. The molecule has 0 bridgehead atoms. The van der Waals surface area contributed by atoms with E-state index in [1.165, 1.54) is 24.3 Å². The molecule has 0 atom stereocenters. The number of carboxylic acid groups (broad SMARTS) is 2. The van der Waals surface area contributed by atoms with Gasteiger partial charge in [-0.1, -0.05) is 17.7 Å². The first-order valence-corrected chi connectivity index (χ1v) is 6.27. The number of anilines is 1. The first-order valence-electron chi connectivity index (χ1n) is 5.89. The predicted molar refractivity (Wildman–Crippen MR) is 81.0 cm³/mol. The molecule has 0 fully saturated rings. The van der Waals surface area contributed by atoms with E-state index in [1.807, 2.05) is 19.1 Å². The Kier molecular flexibility index (Phi) is 5.75. The van der Waals surface area contributed by atoms with Crippen LogP contribution in [0.2, 0.25) is 5.02 Å². The smallest absolute Gasteiger partial charge is 0.335 e. The van der Waals surface area contributed by atoms with Crippen molar-refractivity contribution in [2.24, 2.45) is 0 Å². The highest BCUT2D eigenvalue weighted by atomic mass is 35.5. The molecule has 21 heavy (non-hydrogen) atoms. The van der Waals surface area contributed by atoms with Gasteiger partial charge in [-0.05, 0) is 48.9 Å². The van der Waals surface area contributed by atoms with Crippen LogP contribution in [0.1, 0.15) is 26.3 Å². The molecule has 2 rings (SSSR count). The summed E-state index contributed by atoms with van der Waals surface area (Å²) in [5, 5.41) is 17.7. The molecule has 0 aliphatic rings. The van der Waals surface area contributed by atoms with E-state index in [2.05, 4.69) is 0 Å². The molecule has 0 saturated carbocycles. The Balaban J connectivity index is 0.000000219. The lowest BCUT2D eigenvalue weighted by Crippen LogP contribution is -1.99. The summed E-state index contributed by atoms with van der Waals surface area (Å²) in [6, 6.07) is 10.5. The monoisotopic (exact) mass is 307 g/mol. The Morgan fingerprint density at radius 3 is 1.67 bits per heavy atom. The normalized spacial score (nSPS) is 9.43. The van der Waals surface area contributed by atoms with Gasteiger partial charge in [0.2, 0.25) is 0 Å². The zero-order valence-electron chi connectivity index (χ0n) is 11.2. The number of carbonyl (C=O) groups is 2. The van der Waals surface area contributed by atoms with Gasteiger partial charge < -0.3 is 15.9 Å². The molecular weight excluding hydrogens is 294 g/mol. The third kappa shape index (κ3) is 5.16. The molecule has 0 amide bonds. The second kappa shape index (κ2) is 7.31. The summed E-state index contributed by atoms with van der Waals surface area (Å²) in [4.78, 5) is 20.7. The number of aromatic carboxylic acids is 2. The average molecular weight is 308 g/mol. The summed E-state index contributed by atoms with van der Waals surface area (Å²) in [7, 11) is 0. The molecule has 0 radical (unpaired) electrons. The Bertz CT molecular complexity index is 620. The molecule has 4 N–H and O–H groups in total. The molecule has 5 nitrogen and oxygen atoms in total. The summed E-state index contributed by atoms with van der Waals surface area (Å²) in [6.45, 7) is 1.95. The summed E-state index contributed by atoms with van der Waals surface area (Å²) in [5.41, 5.74) is 7.38. The Hall–Kier alpha value is -2.53. The Morgan fingerprint density at radius 1 is 0.952 bits per heavy atom. The predicted octanol–water partition coefficient (Wildman–Crippen LogP) is 3.31. The molecule has 0 aliphatic carbocycles. The van der Waals surface area contributed by atoms with E-state index >= 15 is 0 Å². The summed E-state index contributed by atoms with van der Waals surface area (Å²) < 4.78 is 0. The van der Waals surface area contributed by atoms with Crippen molar-refractivity contribution in [3.05, 3.63) is 64.2 Å². The van der Waals surface area contributed by atoms with Crippen LogP contribution in [-0.2, 0) is 0 Å². The second-order valence-electron chi connectivity index (χ2n) is 4.20. The van der Waals surface area contributed by atoms with E-state index in [-0.39, 0.29) is 11.1 Å². The standard InChI is InChI=1S/C8H6O4.C7H8ClN/c9-7(10)5-1-2-6(4-3-5)8(11)12;1-5-2-3-6(9)4-7(5)8/h1-4H,(H,9,10)(H,11,12);2-4H,9H2,1H3. The van der Waals surface area contributed by atoms with Gasteiger partial charge in [0.15, 0.2) is 0 Å². The maximum absolute atomic E-state index is 10.3. The fraction of sp³-hybridized carbons (Fsp3) is 0.0667. The van der Waals surface area contributed by atoms with Gasteiger partial charge in [-0.15, -0.1) is 0 Å². The molecule has 0 aromatic heterocycles. The SMILES string of the molecule is Cc1ccc(N)cc1Cl.O=C(O)c1ccc(C(=O)O)cc1. The van der Waals surface area contributed by atoms with Gasteiger partial charge in [0.1, 0.15) is 0 Å². The number of nitrogen functional groups attached to an aromatic ring is 1. The maximum Gasteiger partial charge on any atom is 0.335 e. The van der Waals surface area contributed by atoms with Crippen LogP contribution < -0.4 is 5.73 Å². The van der Waals surface area contributed by atoms with Crippen LogP contribution in [0.15, 0.2) is 42.5 Å². The molecule has 0 saturated heterocycles. The molecule has 2 aromatic rings. The molecule has 2 aromatic carbocycles. The van der Waals surface area contributed by atoms with Crippen molar-refractivity contribution in [2.75, 3.05) is 5.73 Å². The van der Waals surface area contributed by atoms with Gasteiger partial charge in [-0.25, -0.2) is 9.59 Å². The van der Waals surface area contributed by atoms with Crippen LogP contribution in [0.5, 0.6) is 0 Å². The molecule has 0 heterocycles. The average Bonchev–Trinajstić information content (AvgIpc) is 2.44. The zero-order chi connectivity index (χ0) is 16.0. The number of aryl methyl sites for hydroxylation is 1. The summed E-state index contributed by atoms with van der Waals surface area (Å²) >= 11 is 5.73. The minimum atomic E-state index is -1.06. The fourth-order valence-electron chi connectivity index (χ4n) is 1.36. The van der Waals surface area contributed by atoms with Crippen molar-refractivity contribution in [2.45, 2.75) is 6.92 Å². The van der Waals surface area contributed by atoms with E-state index in [9.17, 15) is 9.59 Å². The maximum atomic E-state index is 10.3. The van der Waals surface area contributed by atoms with Crippen LogP contribution in [-0.4, -0.2) is 22.2 Å². The van der Waals surface area contributed by atoms with Crippen molar-refractivity contribution in [1.82, 2.24) is 0 Å². The lowest BCUT2D eigenvalue weighted by molar-refractivity contribution is 0.0681. The fourth-order valence-corrected chi connectivity index (χ4v) is 1.55. The van der Waals surface area contributed by atoms with E-state index in [0.29, 0.717) is 5.69 Å². The third-order valence-electron chi connectivity index (χ3n) is 2.57. The van der Waals surface area contributed by atoms with Gasteiger partial charge in [-0.2, -0.15) is 0 Å². The van der Waals surface area contributed by atoms with Gasteiger partial charge >= 0.3 is 11.9 Å². The van der Waals surface area contributed by atoms with Gasteiger partial charge in [0.25, 0.3) is 0 Å². The topological polar surface area (TPSA) is 101 Å². The van der Waals surface area contributed by atoms with Gasteiger partial charge in [-0.3, -0.25) is 0 Å².